The summed E-state index contributed by atoms with van der Waals surface area (Å²) in [6, 6.07) is 24.0. The van der Waals surface area contributed by atoms with Crippen LogP contribution >= 0.6 is 38.9 Å². The molecule has 46 heavy (non-hydrogen) atoms. The first kappa shape index (κ1) is 31.8. The van der Waals surface area contributed by atoms with E-state index in [-0.39, 0.29) is 17.2 Å². The van der Waals surface area contributed by atoms with E-state index in [1.165, 1.54) is 11.3 Å². The second kappa shape index (κ2) is 13.3. The van der Waals surface area contributed by atoms with E-state index < -0.39 is 12.0 Å². The molecule has 0 radical (unpaired) electrons. The van der Waals surface area contributed by atoms with Gasteiger partial charge >= 0.3 is 5.97 Å². The van der Waals surface area contributed by atoms with Gasteiger partial charge in [0.2, 0.25) is 0 Å². The van der Waals surface area contributed by atoms with Gasteiger partial charge in [-0.2, -0.15) is 0 Å². The third kappa shape index (κ3) is 6.27. The van der Waals surface area contributed by atoms with E-state index in [0.29, 0.717) is 43.7 Å². The fourth-order valence-electron chi connectivity index (χ4n) is 5.50. The van der Waals surface area contributed by atoms with Crippen molar-refractivity contribution in [1.29, 1.82) is 0 Å². The number of fused-ring (bicyclic) bond motifs is 2. The number of hydrogen-bond acceptors (Lipinski definition) is 7. The van der Waals surface area contributed by atoms with Crippen LogP contribution in [0, 0.1) is 0 Å². The summed E-state index contributed by atoms with van der Waals surface area (Å²) in [5.41, 5.74) is 2.82. The molecule has 0 saturated carbocycles. The highest BCUT2D eigenvalue weighted by Crippen LogP contribution is 2.37. The molecular weight excluding hydrogens is 688 g/mol. The molecule has 1 atom stereocenters. The summed E-state index contributed by atoms with van der Waals surface area (Å²) in [6.07, 6.45) is 1.49. The number of methoxy groups -OCH3 is 1. The lowest BCUT2D eigenvalue weighted by atomic mass is 9.95. The monoisotopic (exact) mass is 716 g/mol. The molecule has 1 aromatic heterocycles. The fraction of sp³-hybridized carbons (Fsp3) is 0.194. The molecule has 234 valence electrons. The number of nitrogens with zero attached hydrogens (tertiary/aromatic N) is 2. The van der Waals surface area contributed by atoms with Crippen LogP contribution in [0.15, 0.2) is 104 Å². The normalized spacial score (nSPS) is 14.8. The van der Waals surface area contributed by atoms with Crippen molar-refractivity contribution in [3.63, 3.8) is 0 Å². The van der Waals surface area contributed by atoms with Gasteiger partial charge in [0.1, 0.15) is 24.1 Å². The number of allylic oxidation sites excluding steroid dienone is 1. The highest BCUT2D eigenvalue weighted by molar-refractivity contribution is 9.10. The number of benzene rings is 4. The van der Waals surface area contributed by atoms with Crippen molar-refractivity contribution in [3.8, 4) is 11.5 Å². The topological polar surface area (TPSA) is 79.1 Å². The maximum atomic E-state index is 14.4. The van der Waals surface area contributed by atoms with E-state index in [1.807, 2.05) is 78.9 Å². The SMILES string of the molecule is COc1ccc(Br)cc1[C@H]1C(C(=O)OC(C)C)=C(C)N=c2s/c(=C\c3c(OCc4ccc(Cl)cc4)ccc4ccccc34)c(=O)n21. The summed E-state index contributed by atoms with van der Waals surface area (Å²) in [7, 11) is 1.56. The molecule has 0 N–H and O–H groups in total. The van der Waals surface area contributed by atoms with Gasteiger partial charge in [-0.1, -0.05) is 81.3 Å². The first-order chi connectivity index (χ1) is 22.1. The molecule has 4 aromatic carbocycles. The zero-order valence-electron chi connectivity index (χ0n) is 25.5. The van der Waals surface area contributed by atoms with Crippen LogP contribution in [0.1, 0.15) is 43.5 Å². The number of rotatable bonds is 8. The third-order valence-corrected chi connectivity index (χ3v) is 9.31. The molecule has 1 aliphatic rings. The maximum absolute atomic E-state index is 14.4. The average Bonchev–Trinajstić information content (AvgIpc) is 3.34. The van der Waals surface area contributed by atoms with Gasteiger partial charge in [-0.15, -0.1) is 0 Å². The van der Waals surface area contributed by atoms with Crippen molar-refractivity contribution in [2.75, 3.05) is 7.11 Å². The van der Waals surface area contributed by atoms with Gasteiger partial charge in [0, 0.05) is 20.6 Å². The Morgan fingerprint density at radius 3 is 2.54 bits per heavy atom. The Hall–Kier alpha value is -4.18. The zero-order valence-corrected chi connectivity index (χ0v) is 28.7. The Balaban J connectivity index is 1.55. The highest BCUT2D eigenvalue weighted by atomic mass is 79.9. The Labute approximate surface area is 283 Å². The molecular formula is C36H30BrClN2O5S. The van der Waals surface area contributed by atoms with Gasteiger partial charge < -0.3 is 14.2 Å². The molecule has 1 aliphatic heterocycles. The predicted molar refractivity (Wildman–Crippen MR) is 185 cm³/mol. The molecule has 2 heterocycles. The van der Waals surface area contributed by atoms with Crippen molar-refractivity contribution in [1.82, 2.24) is 4.57 Å². The van der Waals surface area contributed by atoms with Crippen molar-refractivity contribution >= 4 is 61.7 Å². The second-order valence-corrected chi connectivity index (χ2v) is 13.4. The average molecular weight is 718 g/mol. The van der Waals surface area contributed by atoms with E-state index in [1.54, 1.807) is 38.5 Å². The molecule has 0 saturated heterocycles. The summed E-state index contributed by atoms with van der Waals surface area (Å²) in [5, 5.41) is 2.59. The van der Waals surface area contributed by atoms with Crippen molar-refractivity contribution in [2.24, 2.45) is 4.99 Å². The van der Waals surface area contributed by atoms with Crippen LogP contribution in [0.25, 0.3) is 16.8 Å². The summed E-state index contributed by atoms with van der Waals surface area (Å²) < 4.78 is 20.5. The number of carbonyl (C=O) groups excluding carboxylic acids is 1. The lowest BCUT2D eigenvalue weighted by molar-refractivity contribution is -0.143. The van der Waals surface area contributed by atoms with E-state index in [0.717, 1.165) is 26.4 Å². The molecule has 0 unspecified atom stereocenters. The number of halogens is 2. The van der Waals surface area contributed by atoms with Gasteiger partial charge in [0.15, 0.2) is 4.80 Å². The predicted octanol–water partition coefficient (Wildman–Crippen LogP) is 7.34. The smallest absolute Gasteiger partial charge is 0.338 e. The van der Waals surface area contributed by atoms with Crippen LogP contribution in [0.2, 0.25) is 5.02 Å². The first-order valence-electron chi connectivity index (χ1n) is 14.6. The number of ether oxygens (including phenoxy) is 3. The van der Waals surface area contributed by atoms with Crippen LogP contribution in [-0.4, -0.2) is 23.8 Å². The minimum Gasteiger partial charge on any atom is -0.496 e. The first-order valence-corrected chi connectivity index (χ1v) is 16.6. The molecule has 0 amide bonds. The van der Waals surface area contributed by atoms with Gasteiger partial charge in [0.05, 0.1) is 29.0 Å². The molecule has 6 rings (SSSR count). The number of thiazole rings is 1. The van der Waals surface area contributed by atoms with Crippen LogP contribution in [-0.2, 0) is 16.1 Å². The Bertz CT molecular complexity index is 2190. The molecule has 0 aliphatic carbocycles. The third-order valence-electron chi connectivity index (χ3n) is 7.58. The molecule has 0 fully saturated rings. The largest absolute Gasteiger partial charge is 0.496 e. The number of esters is 1. The van der Waals surface area contributed by atoms with Crippen molar-refractivity contribution < 1.29 is 19.0 Å². The highest BCUT2D eigenvalue weighted by Gasteiger charge is 2.35. The fourth-order valence-corrected chi connectivity index (χ4v) is 7.03. The quantitative estimate of drug-likeness (QED) is 0.157. The van der Waals surface area contributed by atoms with Crippen LogP contribution in [0.5, 0.6) is 11.5 Å². The standard InChI is InChI=1S/C36H30BrClN2O5S/c1-20(2)45-35(42)32-21(3)39-36-40(33(32)28-17-24(37)12-16-29(28)43-4)34(41)31(46-36)18-27-26-8-6-5-7-23(26)11-15-30(27)44-19-22-9-13-25(38)14-10-22/h5-18,20,33H,19H2,1-4H3/b31-18-/t33-/m0/s1. The minimum atomic E-state index is -0.828. The number of hydrogen-bond donors (Lipinski definition) is 0. The number of aromatic nitrogens is 1. The molecule has 0 spiro atoms. The summed E-state index contributed by atoms with van der Waals surface area (Å²) in [6.45, 7) is 5.66. The summed E-state index contributed by atoms with van der Waals surface area (Å²) >= 11 is 10.9. The van der Waals surface area contributed by atoms with Crippen LogP contribution < -0.4 is 24.4 Å². The van der Waals surface area contributed by atoms with Crippen LogP contribution in [0.4, 0.5) is 0 Å². The van der Waals surface area contributed by atoms with Gasteiger partial charge in [-0.05, 0) is 79.6 Å². The second-order valence-electron chi connectivity index (χ2n) is 11.0. The van der Waals surface area contributed by atoms with Gasteiger partial charge in [-0.25, -0.2) is 9.79 Å². The molecule has 0 bridgehead atoms. The van der Waals surface area contributed by atoms with Gasteiger partial charge in [0.25, 0.3) is 5.56 Å². The Kier molecular flexibility index (Phi) is 9.18. The lowest BCUT2D eigenvalue weighted by Crippen LogP contribution is -2.40. The summed E-state index contributed by atoms with van der Waals surface area (Å²) in [5.74, 6) is 0.617. The Morgan fingerprint density at radius 2 is 1.80 bits per heavy atom. The molecule has 7 nitrogen and oxygen atoms in total. The number of carbonyl (C=O) groups is 1. The Morgan fingerprint density at radius 1 is 1.07 bits per heavy atom. The minimum absolute atomic E-state index is 0.279. The van der Waals surface area contributed by atoms with Gasteiger partial charge in [-0.3, -0.25) is 9.36 Å². The maximum Gasteiger partial charge on any atom is 0.338 e. The van der Waals surface area contributed by atoms with Crippen LogP contribution in [0.3, 0.4) is 0 Å². The van der Waals surface area contributed by atoms with E-state index in [2.05, 4.69) is 15.9 Å². The van der Waals surface area contributed by atoms with Crippen molar-refractivity contribution in [2.45, 2.75) is 39.5 Å². The molecule has 10 heteroatoms. The van der Waals surface area contributed by atoms with Crippen molar-refractivity contribution in [3.05, 3.63) is 136 Å². The van der Waals surface area contributed by atoms with E-state index in [9.17, 15) is 9.59 Å². The molecule has 5 aromatic rings. The van der Waals surface area contributed by atoms with E-state index in [4.69, 9.17) is 30.8 Å². The zero-order chi connectivity index (χ0) is 32.5. The summed E-state index contributed by atoms with van der Waals surface area (Å²) in [4.78, 5) is 33.2. The lowest BCUT2D eigenvalue weighted by Gasteiger charge is -2.26. The van der Waals surface area contributed by atoms with E-state index >= 15 is 0 Å².